The van der Waals surface area contributed by atoms with Gasteiger partial charge in [-0.3, -0.25) is 4.79 Å². The molecule has 0 radical (unpaired) electrons. The van der Waals surface area contributed by atoms with Crippen LogP contribution in [0, 0.1) is 11.8 Å². The fraction of sp³-hybridized carbons (Fsp3) is 0.684. The maximum absolute atomic E-state index is 11.9. The Morgan fingerprint density at radius 3 is 2.41 bits per heavy atom. The summed E-state index contributed by atoms with van der Waals surface area (Å²) < 4.78 is 19.9. The van der Waals surface area contributed by atoms with Gasteiger partial charge in [0.1, 0.15) is 12.2 Å². The van der Waals surface area contributed by atoms with Crippen molar-refractivity contribution in [3.8, 4) is 0 Å². The van der Waals surface area contributed by atoms with E-state index in [0.717, 1.165) is 6.42 Å². The summed E-state index contributed by atoms with van der Waals surface area (Å²) >= 11 is 0. The van der Waals surface area contributed by atoms with E-state index >= 15 is 0 Å². The molecular weight excluding hydrogens is 356 g/mol. The molecule has 0 saturated carbocycles. The summed E-state index contributed by atoms with van der Waals surface area (Å²) in [5.41, 5.74) is 0.152. The topological polar surface area (TPSA) is 105 Å². The zero-order valence-electron chi connectivity index (χ0n) is 16.3. The first-order chi connectivity index (χ1) is 12.6. The highest BCUT2D eigenvalue weighted by Crippen LogP contribution is 2.27. The molecule has 1 fully saturated rings. The predicted molar refractivity (Wildman–Crippen MR) is 94.3 cm³/mol. The van der Waals surface area contributed by atoms with Crippen molar-refractivity contribution in [2.45, 2.75) is 59.2 Å². The molecule has 0 aromatic heterocycles. The van der Waals surface area contributed by atoms with Crippen LogP contribution in [0.25, 0.3) is 0 Å². The Kier molecular flexibility index (Phi) is 8.97. The third-order valence-corrected chi connectivity index (χ3v) is 4.05. The number of carbonyl (C=O) groups excluding carboxylic acids is 4. The molecule has 0 bridgehead atoms. The third kappa shape index (κ3) is 8.70. The van der Waals surface area contributed by atoms with E-state index in [9.17, 15) is 19.2 Å². The summed E-state index contributed by atoms with van der Waals surface area (Å²) in [6.45, 7) is 9.20. The molecule has 0 aliphatic carbocycles. The Balaban J connectivity index is 2.33. The van der Waals surface area contributed by atoms with Gasteiger partial charge < -0.3 is 18.9 Å². The average Bonchev–Trinajstić information content (AvgIpc) is 2.67. The van der Waals surface area contributed by atoms with Crippen LogP contribution in [0.1, 0.15) is 47.0 Å². The van der Waals surface area contributed by atoms with Crippen molar-refractivity contribution in [2.24, 2.45) is 11.8 Å². The van der Waals surface area contributed by atoms with Crippen molar-refractivity contribution < 1.29 is 38.1 Å². The zero-order chi connectivity index (χ0) is 20.6. The van der Waals surface area contributed by atoms with Gasteiger partial charge in [0.15, 0.2) is 13.2 Å². The van der Waals surface area contributed by atoms with Gasteiger partial charge >= 0.3 is 23.9 Å². The standard InChI is InChI=1S/C19H28O8/c1-11(2)18(22)25-9-16(20)24-10-17(21)26-14(5)8-15-7-12(3)6-13(4)19(23)27-15/h12-15H,1,6-10H2,2-5H3. The van der Waals surface area contributed by atoms with Gasteiger partial charge in [0.2, 0.25) is 0 Å². The molecule has 4 unspecified atom stereocenters. The molecule has 1 rings (SSSR count). The van der Waals surface area contributed by atoms with Gasteiger partial charge in [-0.15, -0.1) is 0 Å². The molecule has 8 heteroatoms. The molecule has 1 saturated heterocycles. The Morgan fingerprint density at radius 2 is 1.78 bits per heavy atom. The van der Waals surface area contributed by atoms with Crippen LogP contribution in [-0.4, -0.2) is 49.3 Å². The largest absolute Gasteiger partial charge is 0.462 e. The molecule has 4 atom stereocenters. The summed E-state index contributed by atoms with van der Waals surface area (Å²) in [4.78, 5) is 46.2. The van der Waals surface area contributed by atoms with E-state index < -0.39 is 37.2 Å². The SMILES string of the molecule is C=C(C)C(=O)OCC(=O)OCC(=O)OC(C)CC1CC(C)CC(C)C(=O)O1. The number of hydrogen-bond acceptors (Lipinski definition) is 8. The van der Waals surface area contributed by atoms with Crippen molar-refractivity contribution in [3.05, 3.63) is 12.2 Å². The van der Waals surface area contributed by atoms with Crippen LogP contribution in [0.4, 0.5) is 0 Å². The molecule has 1 heterocycles. The fourth-order valence-corrected chi connectivity index (χ4v) is 2.82. The lowest BCUT2D eigenvalue weighted by atomic mass is 9.93. The molecule has 0 aromatic rings. The van der Waals surface area contributed by atoms with Crippen LogP contribution in [0.3, 0.4) is 0 Å². The van der Waals surface area contributed by atoms with E-state index in [-0.39, 0.29) is 23.6 Å². The number of carbonyl (C=O) groups is 4. The first-order valence-corrected chi connectivity index (χ1v) is 8.96. The molecule has 27 heavy (non-hydrogen) atoms. The normalized spacial score (nSPS) is 23.4. The molecule has 0 amide bonds. The molecule has 0 N–H and O–H groups in total. The summed E-state index contributed by atoms with van der Waals surface area (Å²) in [6.07, 6.45) is 1.04. The average molecular weight is 384 g/mol. The van der Waals surface area contributed by atoms with Crippen LogP contribution in [0.5, 0.6) is 0 Å². The number of ether oxygens (including phenoxy) is 4. The first-order valence-electron chi connectivity index (χ1n) is 8.96. The van der Waals surface area contributed by atoms with E-state index in [1.165, 1.54) is 6.92 Å². The van der Waals surface area contributed by atoms with E-state index in [2.05, 4.69) is 23.0 Å². The van der Waals surface area contributed by atoms with E-state index in [4.69, 9.17) is 9.47 Å². The van der Waals surface area contributed by atoms with Crippen LogP contribution >= 0.6 is 0 Å². The summed E-state index contributed by atoms with van der Waals surface area (Å²) in [6, 6.07) is 0. The third-order valence-electron chi connectivity index (χ3n) is 4.05. The number of hydrogen-bond donors (Lipinski definition) is 0. The van der Waals surface area contributed by atoms with Gasteiger partial charge in [-0.1, -0.05) is 20.4 Å². The van der Waals surface area contributed by atoms with Crippen molar-refractivity contribution >= 4 is 23.9 Å². The summed E-state index contributed by atoms with van der Waals surface area (Å²) in [5, 5.41) is 0. The van der Waals surface area contributed by atoms with Crippen LogP contribution in [0.15, 0.2) is 12.2 Å². The van der Waals surface area contributed by atoms with E-state index in [0.29, 0.717) is 18.8 Å². The molecular formula is C19H28O8. The monoisotopic (exact) mass is 384 g/mol. The van der Waals surface area contributed by atoms with Gasteiger partial charge in [0.25, 0.3) is 0 Å². The number of rotatable bonds is 8. The molecule has 0 aromatic carbocycles. The molecule has 0 spiro atoms. The summed E-state index contributed by atoms with van der Waals surface area (Å²) in [5.74, 6) is -2.35. The van der Waals surface area contributed by atoms with Crippen molar-refractivity contribution in [3.63, 3.8) is 0 Å². The molecule has 1 aliphatic rings. The lowest BCUT2D eigenvalue weighted by molar-refractivity contribution is -0.167. The van der Waals surface area contributed by atoms with Crippen LogP contribution in [-0.2, 0) is 38.1 Å². The smallest absolute Gasteiger partial charge is 0.344 e. The second-order valence-electron chi connectivity index (χ2n) is 7.09. The molecule has 8 nitrogen and oxygen atoms in total. The maximum atomic E-state index is 11.9. The van der Waals surface area contributed by atoms with Gasteiger partial charge in [-0.05, 0) is 32.6 Å². The van der Waals surface area contributed by atoms with Crippen molar-refractivity contribution in [1.29, 1.82) is 0 Å². The van der Waals surface area contributed by atoms with Crippen molar-refractivity contribution in [1.82, 2.24) is 0 Å². The van der Waals surface area contributed by atoms with Crippen LogP contribution < -0.4 is 0 Å². The highest BCUT2D eigenvalue weighted by Gasteiger charge is 2.30. The Labute approximate surface area is 159 Å². The highest BCUT2D eigenvalue weighted by molar-refractivity contribution is 5.88. The van der Waals surface area contributed by atoms with E-state index in [1.807, 2.05) is 6.92 Å². The van der Waals surface area contributed by atoms with Gasteiger partial charge in [0, 0.05) is 12.0 Å². The maximum Gasteiger partial charge on any atom is 0.344 e. The highest BCUT2D eigenvalue weighted by atomic mass is 16.6. The Morgan fingerprint density at radius 1 is 1.15 bits per heavy atom. The number of cyclic esters (lactones) is 1. The molecule has 1 aliphatic heterocycles. The predicted octanol–water partition coefficient (Wildman–Crippen LogP) is 1.95. The Hall–Kier alpha value is -2.38. The minimum atomic E-state index is -0.866. The van der Waals surface area contributed by atoms with Crippen LogP contribution in [0.2, 0.25) is 0 Å². The lowest BCUT2D eigenvalue weighted by Gasteiger charge is -2.21. The molecule has 152 valence electrons. The van der Waals surface area contributed by atoms with Gasteiger partial charge in [0.05, 0.1) is 5.92 Å². The minimum Gasteiger partial charge on any atom is -0.462 e. The minimum absolute atomic E-state index is 0.138. The fourth-order valence-electron chi connectivity index (χ4n) is 2.82. The number of esters is 4. The quantitative estimate of drug-likeness (QED) is 0.355. The van der Waals surface area contributed by atoms with Crippen molar-refractivity contribution in [2.75, 3.05) is 13.2 Å². The summed E-state index contributed by atoms with van der Waals surface area (Å²) in [7, 11) is 0. The second-order valence-corrected chi connectivity index (χ2v) is 7.09. The second kappa shape index (κ2) is 10.7. The first kappa shape index (κ1) is 22.7. The Bertz CT molecular complexity index is 582. The zero-order valence-corrected chi connectivity index (χ0v) is 16.3. The lowest BCUT2D eigenvalue weighted by Crippen LogP contribution is -2.28. The van der Waals surface area contributed by atoms with Gasteiger partial charge in [-0.25, -0.2) is 14.4 Å². The van der Waals surface area contributed by atoms with E-state index in [1.54, 1.807) is 6.92 Å². The van der Waals surface area contributed by atoms with Gasteiger partial charge in [-0.2, -0.15) is 0 Å².